The van der Waals surface area contributed by atoms with Crippen molar-refractivity contribution in [3.63, 3.8) is 0 Å². The van der Waals surface area contributed by atoms with Gasteiger partial charge < -0.3 is 5.11 Å². The molecule has 0 saturated carbocycles. The number of benzene rings is 1. The van der Waals surface area contributed by atoms with Gasteiger partial charge in [-0.1, -0.05) is 30.3 Å². The van der Waals surface area contributed by atoms with E-state index in [-0.39, 0.29) is 18.7 Å². The van der Waals surface area contributed by atoms with Crippen LogP contribution in [-0.4, -0.2) is 44.2 Å². The smallest absolute Gasteiger partial charge is 0.317 e. The molecule has 0 unspecified atom stereocenters. The van der Waals surface area contributed by atoms with Crippen LogP contribution in [0.25, 0.3) is 11.3 Å². The van der Waals surface area contributed by atoms with Gasteiger partial charge in [0, 0.05) is 30.7 Å². The molecule has 28 heavy (non-hydrogen) atoms. The van der Waals surface area contributed by atoms with Gasteiger partial charge in [0.25, 0.3) is 0 Å². The molecule has 0 aliphatic rings. The number of Topliss-reactive ketones (excluding diaryl/α,β-unsaturated/α-hetero) is 1. The number of carboxylic acid groups (broad SMARTS) is 1. The standard InChI is InChI=1S/C21H22N4O3/c1-25-17(12-18(24-25)16-7-9-22-10-8-16)13-20(26)19(23-14-21(27)28)11-15-5-3-2-4-6-15/h2-10,12,19,23H,11,13-14H2,1H3,(H,27,28)/t19-/m0/s1. The predicted octanol–water partition coefficient (Wildman–Crippen LogP) is 1.88. The van der Waals surface area contributed by atoms with Gasteiger partial charge in [-0.05, 0) is 30.2 Å². The number of aryl methyl sites for hydroxylation is 1. The SMILES string of the molecule is Cn1nc(-c2ccncc2)cc1CC(=O)[C@H](Cc1ccccc1)NCC(=O)O. The average Bonchev–Trinajstić information content (AvgIpc) is 3.07. The zero-order valence-corrected chi connectivity index (χ0v) is 15.6. The Labute approximate surface area is 163 Å². The molecule has 0 radical (unpaired) electrons. The van der Waals surface area contributed by atoms with Crippen molar-refractivity contribution in [1.29, 1.82) is 0 Å². The molecule has 2 heterocycles. The van der Waals surface area contributed by atoms with E-state index in [2.05, 4.69) is 15.4 Å². The Hall–Kier alpha value is -3.32. The number of nitrogens with zero attached hydrogens (tertiary/aromatic N) is 3. The third-order valence-electron chi connectivity index (χ3n) is 4.48. The highest BCUT2D eigenvalue weighted by Gasteiger charge is 2.21. The van der Waals surface area contributed by atoms with Crippen LogP contribution in [0.1, 0.15) is 11.3 Å². The Kier molecular flexibility index (Phi) is 6.29. The third-order valence-corrected chi connectivity index (χ3v) is 4.48. The van der Waals surface area contributed by atoms with E-state index in [0.717, 1.165) is 22.5 Å². The highest BCUT2D eigenvalue weighted by atomic mass is 16.4. The van der Waals surface area contributed by atoms with Crippen molar-refractivity contribution in [2.24, 2.45) is 7.05 Å². The highest BCUT2D eigenvalue weighted by molar-refractivity contribution is 5.87. The summed E-state index contributed by atoms with van der Waals surface area (Å²) in [6, 6.07) is 14.6. The lowest BCUT2D eigenvalue weighted by Gasteiger charge is -2.17. The van der Waals surface area contributed by atoms with Crippen LogP contribution in [0.3, 0.4) is 0 Å². The van der Waals surface area contributed by atoms with Crippen molar-refractivity contribution >= 4 is 11.8 Å². The van der Waals surface area contributed by atoms with Crippen molar-refractivity contribution in [3.05, 3.63) is 72.2 Å². The van der Waals surface area contributed by atoms with Crippen molar-refractivity contribution in [2.45, 2.75) is 18.9 Å². The Morgan fingerprint density at radius 3 is 2.54 bits per heavy atom. The first-order valence-corrected chi connectivity index (χ1v) is 8.98. The van der Waals surface area contributed by atoms with E-state index in [9.17, 15) is 9.59 Å². The quantitative estimate of drug-likeness (QED) is 0.590. The van der Waals surface area contributed by atoms with E-state index < -0.39 is 12.0 Å². The molecular formula is C21H22N4O3. The van der Waals surface area contributed by atoms with Gasteiger partial charge in [0.2, 0.25) is 0 Å². The molecule has 0 aliphatic carbocycles. The van der Waals surface area contributed by atoms with Gasteiger partial charge in [0.15, 0.2) is 5.78 Å². The number of pyridine rings is 1. The number of carbonyl (C=O) groups excluding carboxylic acids is 1. The Balaban J connectivity index is 1.75. The van der Waals surface area contributed by atoms with E-state index in [1.165, 1.54) is 0 Å². The predicted molar refractivity (Wildman–Crippen MR) is 105 cm³/mol. The molecular weight excluding hydrogens is 356 g/mol. The monoisotopic (exact) mass is 378 g/mol. The summed E-state index contributed by atoms with van der Waals surface area (Å²) in [5, 5.41) is 16.3. The molecule has 0 aliphatic heterocycles. The van der Waals surface area contributed by atoms with Gasteiger partial charge in [-0.2, -0.15) is 5.10 Å². The summed E-state index contributed by atoms with van der Waals surface area (Å²) in [5.74, 6) is -1.07. The number of carbonyl (C=O) groups is 2. The average molecular weight is 378 g/mol. The van der Waals surface area contributed by atoms with Gasteiger partial charge in [-0.15, -0.1) is 0 Å². The van der Waals surface area contributed by atoms with Crippen LogP contribution >= 0.6 is 0 Å². The number of rotatable bonds is 9. The number of nitrogens with one attached hydrogen (secondary N) is 1. The first-order chi connectivity index (χ1) is 13.5. The molecule has 2 N–H and O–H groups in total. The normalized spacial score (nSPS) is 11.9. The van der Waals surface area contributed by atoms with E-state index in [1.54, 1.807) is 24.1 Å². The van der Waals surface area contributed by atoms with Crippen LogP contribution in [0.2, 0.25) is 0 Å². The number of ketones is 1. The van der Waals surface area contributed by atoms with Gasteiger partial charge in [-0.3, -0.25) is 24.6 Å². The minimum atomic E-state index is -0.994. The van der Waals surface area contributed by atoms with E-state index in [4.69, 9.17) is 5.11 Å². The summed E-state index contributed by atoms with van der Waals surface area (Å²) in [6.07, 6.45) is 3.99. The lowest BCUT2D eigenvalue weighted by Crippen LogP contribution is -2.42. The molecule has 3 aromatic rings. The zero-order chi connectivity index (χ0) is 19.9. The van der Waals surface area contributed by atoms with E-state index in [1.807, 2.05) is 48.5 Å². The summed E-state index contributed by atoms with van der Waals surface area (Å²) in [7, 11) is 1.80. The molecule has 7 heteroatoms. The molecule has 7 nitrogen and oxygen atoms in total. The van der Waals surface area contributed by atoms with Gasteiger partial charge in [0.05, 0.1) is 24.7 Å². The summed E-state index contributed by atoms with van der Waals surface area (Å²) in [6.45, 7) is -0.267. The number of aliphatic carboxylic acids is 1. The topological polar surface area (TPSA) is 97.1 Å². The number of aromatic nitrogens is 3. The fraction of sp³-hybridized carbons (Fsp3) is 0.238. The molecule has 1 atom stereocenters. The van der Waals surface area contributed by atoms with Crippen LogP contribution in [0.5, 0.6) is 0 Å². The van der Waals surface area contributed by atoms with Crippen molar-refractivity contribution in [1.82, 2.24) is 20.1 Å². The molecule has 0 amide bonds. The molecule has 0 spiro atoms. The maximum Gasteiger partial charge on any atom is 0.317 e. The largest absolute Gasteiger partial charge is 0.480 e. The number of hydrogen-bond donors (Lipinski definition) is 2. The van der Waals surface area contributed by atoms with Gasteiger partial charge >= 0.3 is 5.97 Å². The lowest BCUT2D eigenvalue weighted by atomic mass is 9.99. The van der Waals surface area contributed by atoms with Gasteiger partial charge in [-0.25, -0.2) is 0 Å². The second-order valence-electron chi connectivity index (χ2n) is 6.54. The fourth-order valence-corrected chi connectivity index (χ4v) is 3.00. The van der Waals surface area contributed by atoms with Crippen LogP contribution < -0.4 is 5.32 Å². The fourth-order valence-electron chi connectivity index (χ4n) is 3.00. The number of carboxylic acids is 1. The molecule has 1 aromatic carbocycles. The molecule has 3 rings (SSSR count). The van der Waals surface area contributed by atoms with Crippen molar-refractivity contribution < 1.29 is 14.7 Å². The molecule has 0 fully saturated rings. The third kappa shape index (κ3) is 5.11. The lowest BCUT2D eigenvalue weighted by molar-refractivity contribution is -0.136. The first kappa shape index (κ1) is 19.4. The molecule has 144 valence electrons. The van der Waals surface area contributed by atoms with Crippen LogP contribution in [0, 0.1) is 0 Å². The van der Waals surface area contributed by atoms with Crippen LogP contribution in [0.4, 0.5) is 0 Å². The van der Waals surface area contributed by atoms with Crippen LogP contribution in [0.15, 0.2) is 60.9 Å². The van der Waals surface area contributed by atoms with E-state index in [0.29, 0.717) is 6.42 Å². The first-order valence-electron chi connectivity index (χ1n) is 8.98. The maximum atomic E-state index is 12.9. The van der Waals surface area contributed by atoms with Gasteiger partial charge in [0.1, 0.15) is 0 Å². The molecule has 0 bridgehead atoms. The summed E-state index contributed by atoms with van der Waals surface area (Å²) in [4.78, 5) is 27.9. The zero-order valence-electron chi connectivity index (χ0n) is 15.6. The van der Waals surface area contributed by atoms with Crippen molar-refractivity contribution in [3.8, 4) is 11.3 Å². The van der Waals surface area contributed by atoms with Crippen molar-refractivity contribution in [2.75, 3.05) is 6.54 Å². The Bertz CT molecular complexity index is 939. The maximum absolute atomic E-state index is 12.9. The Morgan fingerprint density at radius 2 is 1.86 bits per heavy atom. The summed E-state index contributed by atoms with van der Waals surface area (Å²) < 4.78 is 1.68. The van der Waals surface area contributed by atoms with E-state index >= 15 is 0 Å². The second-order valence-corrected chi connectivity index (χ2v) is 6.54. The van der Waals surface area contributed by atoms with Crippen LogP contribution in [-0.2, 0) is 29.5 Å². The Morgan fingerprint density at radius 1 is 1.14 bits per heavy atom. The minimum Gasteiger partial charge on any atom is -0.480 e. The summed E-state index contributed by atoms with van der Waals surface area (Å²) >= 11 is 0. The minimum absolute atomic E-state index is 0.0746. The molecule has 2 aromatic heterocycles. The highest BCUT2D eigenvalue weighted by Crippen LogP contribution is 2.18. The number of hydrogen-bond acceptors (Lipinski definition) is 5. The second kappa shape index (κ2) is 9.05. The summed E-state index contributed by atoms with van der Waals surface area (Å²) in [5.41, 5.74) is 3.44. The molecule has 0 saturated heterocycles.